The van der Waals surface area contributed by atoms with Gasteiger partial charge in [0.25, 0.3) is 0 Å². The van der Waals surface area contributed by atoms with E-state index >= 15 is 0 Å². The van der Waals surface area contributed by atoms with Crippen molar-refractivity contribution < 1.29 is 4.74 Å². The molecular formula is C5H11N3O. The van der Waals surface area contributed by atoms with E-state index in [9.17, 15) is 0 Å². The van der Waals surface area contributed by atoms with E-state index in [1.54, 1.807) is 7.11 Å². The van der Waals surface area contributed by atoms with E-state index in [1.165, 1.54) is 0 Å². The van der Waals surface area contributed by atoms with Crippen molar-refractivity contribution in [3.63, 3.8) is 0 Å². The third-order valence-electron chi connectivity index (χ3n) is 1.14. The molecule has 0 fully saturated rings. The van der Waals surface area contributed by atoms with E-state index in [2.05, 4.69) is 10.0 Å². The zero-order valence-corrected chi connectivity index (χ0v) is 5.74. The van der Waals surface area contributed by atoms with Crippen molar-refractivity contribution in [2.24, 2.45) is 5.11 Å². The molecule has 0 rings (SSSR count). The molecule has 0 amide bonds. The van der Waals surface area contributed by atoms with Crippen molar-refractivity contribution in [1.29, 1.82) is 0 Å². The summed E-state index contributed by atoms with van der Waals surface area (Å²) in [6, 6.07) is 0. The highest BCUT2D eigenvalue weighted by Gasteiger charge is 1.99. The highest BCUT2D eigenvalue weighted by molar-refractivity contribution is 4.57. The van der Waals surface area contributed by atoms with E-state index in [1.807, 2.05) is 6.92 Å². The molecule has 0 aliphatic heterocycles. The summed E-state index contributed by atoms with van der Waals surface area (Å²) in [5, 5.41) is 3.37. The van der Waals surface area contributed by atoms with Crippen LogP contribution in [-0.4, -0.2) is 19.8 Å². The number of methoxy groups -OCH3 is 1. The first-order chi connectivity index (χ1) is 4.35. The fraction of sp³-hybridized carbons (Fsp3) is 1.00. The molecule has 0 aliphatic carbocycles. The third kappa shape index (κ3) is 3.82. The van der Waals surface area contributed by atoms with Gasteiger partial charge in [-0.1, -0.05) is 12.0 Å². The molecule has 0 saturated heterocycles. The average Bonchev–Trinajstić information content (AvgIpc) is 1.91. The molecule has 4 heteroatoms. The van der Waals surface area contributed by atoms with Gasteiger partial charge in [-0.15, -0.1) is 0 Å². The molecule has 0 radical (unpaired) electrons. The summed E-state index contributed by atoms with van der Waals surface area (Å²) in [7, 11) is 1.61. The van der Waals surface area contributed by atoms with Crippen molar-refractivity contribution in [2.75, 3.05) is 13.7 Å². The van der Waals surface area contributed by atoms with Crippen molar-refractivity contribution >= 4 is 0 Å². The van der Waals surface area contributed by atoms with Gasteiger partial charge in [-0.2, -0.15) is 0 Å². The van der Waals surface area contributed by atoms with Crippen LogP contribution in [-0.2, 0) is 4.74 Å². The summed E-state index contributed by atoms with van der Waals surface area (Å²) >= 11 is 0. The van der Waals surface area contributed by atoms with Gasteiger partial charge in [0.15, 0.2) is 0 Å². The van der Waals surface area contributed by atoms with Gasteiger partial charge < -0.3 is 4.74 Å². The first-order valence-corrected chi connectivity index (χ1v) is 2.88. The normalized spacial score (nSPS) is 12.2. The number of hydrogen-bond donors (Lipinski definition) is 0. The molecule has 0 aromatic rings. The van der Waals surface area contributed by atoms with Crippen molar-refractivity contribution in [3.8, 4) is 0 Å². The van der Waals surface area contributed by atoms with Crippen LogP contribution in [0, 0.1) is 0 Å². The van der Waals surface area contributed by atoms with Crippen LogP contribution in [0.15, 0.2) is 5.11 Å². The van der Waals surface area contributed by atoms with Crippen molar-refractivity contribution in [3.05, 3.63) is 10.4 Å². The molecule has 0 heterocycles. The monoisotopic (exact) mass is 129 g/mol. The Morgan fingerprint density at radius 1 is 1.78 bits per heavy atom. The first-order valence-electron chi connectivity index (χ1n) is 2.88. The SMILES string of the molecule is CCC(CN=[N+]=[N-])OC. The highest BCUT2D eigenvalue weighted by Crippen LogP contribution is 1.95. The summed E-state index contributed by atoms with van der Waals surface area (Å²) in [5.41, 5.74) is 7.91. The van der Waals surface area contributed by atoms with Crippen LogP contribution in [0.5, 0.6) is 0 Å². The van der Waals surface area contributed by atoms with Gasteiger partial charge in [0.1, 0.15) is 0 Å². The molecule has 4 nitrogen and oxygen atoms in total. The minimum absolute atomic E-state index is 0.0842. The number of hydrogen-bond acceptors (Lipinski definition) is 2. The van der Waals surface area contributed by atoms with Gasteiger partial charge in [-0.3, -0.25) is 0 Å². The molecule has 1 atom stereocenters. The standard InChI is InChI=1S/C5H11N3O/c1-3-5(9-2)4-7-8-6/h5H,3-4H2,1-2H3. The quantitative estimate of drug-likeness (QED) is 0.324. The van der Waals surface area contributed by atoms with Gasteiger partial charge in [0.2, 0.25) is 0 Å². The Labute approximate surface area is 54.4 Å². The van der Waals surface area contributed by atoms with Crippen molar-refractivity contribution in [2.45, 2.75) is 19.4 Å². The lowest BCUT2D eigenvalue weighted by atomic mass is 10.3. The second-order valence-corrected chi connectivity index (χ2v) is 1.68. The van der Waals surface area contributed by atoms with Crippen LogP contribution in [0.3, 0.4) is 0 Å². The third-order valence-corrected chi connectivity index (χ3v) is 1.14. The Balaban J connectivity index is 3.42. The summed E-state index contributed by atoms with van der Waals surface area (Å²) in [6.07, 6.45) is 0.969. The molecule has 0 aliphatic rings. The maximum atomic E-state index is 7.91. The minimum atomic E-state index is 0.0842. The van der Waals surface area contributed by atoms with E-state index < -0.39 is 0 Å². The summed E-state index contributed by atoms with van der Waals surface area (Å²) in [5.74, 6) is 0. The predicted octanol–water partition coefficient (Wildman–Crippen LogP) is 1.72. The molecule has 1 unspecified atom stereocenters. The Bertz CT molecular complexity index is 105. The van der Waals surface area contributed by atoms with Gasteiger partial charge in [0.05, 0.1) is 12.6 Å². The summed E-state index contributed by atoms with van der Waals surface area (Å²) < 4.78 is 4.94. The van der Waals surface area contributed by atoms with E-state index in [0.29, 0.717) is 6.54 Å². The van der Waals surface area contributed by atoms with E-state index in [-0.39, 0.29) is 6.10 Å². The summed E-state index contributed by atoms with van der Waals surface area (Å²) in [6.45, 7) is 2.42. The molecule has 0 aromatic heterocycles. The second kappa shape index (κ2) is 5.41. The van der Waals surface area contributed by atoms with Crippen LogP contribution in [0.1, 0.15) is 13.3 Å². The lowest BCUT2D eigenvalue weighted by molar-refractivity contribution is 0.106. The molecule has 52 valence electrons. The molecule has 9 heavy (non-hydrogen) atoms. The van der Waals surface area contributed by atoms with E-state index in [0.717, 1.165) is 6.42 Å². The Kier molecular flexibility index (Phi) is 4.97. The largest absolute Gasteiger partial charge is 0.381 e. The maximum Gasteiger partial charge on any atom is 0.0625 e. The highest BCUT2D eigenvalue weighted by atomic mass is 16.5. The van der Waals surface area contributed by atoms with Gasteiger partial charge in [-0.25, -0.2) is 0 Å². The lowest BCUT2D eigenvalue weighted by Crippen LogP contribution is -2.11. The lowest BCUT2D eigenvalue weighted by Gasteiger charge is -2.07. The fourth-order valence-corrected chi connectivity index (χ4v) is 0.498. The average molecular weight is 129 g/mol. The maximum absolute atomic E-state index is 7.91. The molecule has 0 saturated carbocycles. The molecule has 0 bridgehead atoms. The molecule has 0 aromatic carbocycles. The van der Waals surface area contributed by atoms with Crippen LogP contribution in [0.4, 0.5) is 0 Å². The number of azide groups is 1. The Hall–Kier alpha value is -0.730. The predicted molar refractivity (Wildman–Crippen MR) is 35.1 cm³/mol. The van der Waals surface area contributed by atoms with Crippen molar-refractivity contribution in [1.82, 2.24) is 0 Å². The number of ether oxygens (including phenoxy) is 1. The number of rotatable bonds is 4. The molecule has 0 N–H and O–H groups in total. The first kappa shape index (κ1) is 8.27. The fourth-order valence-electron chi connectivity index (χ4n) is 0.498. The summed E-state index contributed by atoms with van der Waals surface area (Å²) in [4.78, 5) is 2.62. The Morgan fingerprint density at radius 3 is 2.78 bits per heavy atom. The van der Waals surface area contributed by atoms with E-state index in [4.69, 9.17) is 10.3 Å². The van der Waals surface area contributed by atoms with Gasteiger partial charge in [0, 0.05) is 12.0 Å². The smallest absolute Gasteiger partial charge is 0.0625 e. The topological polar surface area (TPSA) is 58.0 Å². The van der Waals surface area contributed by atoms with Gasteiger partial charge >= 0.3 is 0 Å². The van der Waals surface area contributed by atoms with Crippen LogP contribution < -0.4 is 0 Å². The molecule has 0 spiro atoms. The zero-order valence-electron chi connectivity index (χ0n) is 5.74. The Morgan fingerprint density at radius 2 is 2.44 bits per heavy atom. The van der Waals surface area contributed by atoms with Crippen LogP contribution in [0.25, 0.3) is 10.4 Å². The van der Waals surface area contributed by atoms with Crippen LogP contribution in [0.2, 0.25) is 0 Å². The molecular weight excluding hydrogens is 118 g/mol. The number of nitrogens with zero attached hydrogens (tertiary/aromatic N) is 3. The van der Waals surface area contributed by atoms with Crippen LogP contribution >= 0.6 is 0 Å². The second-order valence-electron chi connectivity index (χ2n) is 1.68. The zero-order chi connectivity index (χ0) is 7.11. The van der Waals surface area contributed by atoms with Gasteiger partial charge in [-0.05, 0) is 12.0 Å². The minimum Gasteiger partial charge on any atom is -0.381 e.